The van der Waals surface area contributed by atoms with E-state index in [4.69, 9.17) is 5.26 Å². The van der Waals surface area contributed by atoms with Gasteiger partial charge in [-0.05, 0) is 84.0 Å². The van der Waals surface area contributed by atoms with Crippen molar-refractivity contribution in [3.05, 3.63) is 0 Å². The van der Waals surface area contributed by atoms with Crippen molar-refractivity contribution in [1.29, 1.82) is 5.26 Å². The molecule has 0 amide bonds. The fraction of sp³-hybridized carbons (Fsp3) is 0.941. The second-order valence-corrected chi connectivity index (χ2v) is 7.20. The van der Waals surface area contributed by atoms with Crippen LogP contribution in [0, 0.1) is 16.7 Å². The molecule has 0 bridgehead atoms. The smallest absolute Gasteiger partial charge is 0.103 e. The van der Waals surface area contributed by atoms with Crippen LogP contribution in [0.1, 0.15) is 64.7 Å². The lowest BCUT2D eigenvalue weighted by Crippen LogP contribution is -2.40. The highest BCUT2D eigenvalue weighted by atomic mass is 15.1. The summed E-state index contributed by atoms with van der Waals surface area (Å²) >= 11 is 0. The predicted octanol–water partition coefficient (Wildman–Crippen LogP) is 3.31. The van der Waals surface area contributed by atoms with Crippen LogP contribution >= 0.6 is 0 Å². The summed E-state index contributed by atoms with van der Waals surface area (Å²) in [5, 5.41) is 12.3. The third kappa shape index (κ3) is 3.96. The van der Waals surface area contributed by atoms with Crippen molar-refractivity contribution in [2.24, 2.45) is 5.41 Å². The van der Waals surface area contributed by atoms with E-state index < -0.39 is 0 Å². The topological polar surface area (TPSA) is 39.1 Å². The Morgan fingerprint density at radius 1 is 1.15 bits per heavy atom. The van der Waals surface area contributed by atoms with E-state index >= 15 is 0 Å². The average Bonchev–Trinajstić information content (AvgIpc) is 2.94. The monoisotopic (exact) mass is 277 g/mol. The van der Waals surface area contributed by atoms with Gasteiger partial charge in [0, 0.05) is 0 Å². The average molecular weight is 277 g/mol. The first-order chi connectivity index (χ1) is 9.61. The number of nitriles is 1. The molecule has 1 saturated heterocycles. The summed E-state index contributed by atoms with van der Waals surface area (Å²) in [6.45, 7) is 5.84. The van der Waals surface area contributed by atoms with Crippen LogP contribution in [0.25, 0.3) is 0 Å². The summed E-state index contributed by atoms with van der Waals surface area (Å²) in [4.78, 5) is 2.65. The van der Waals surface area contributed by atoms with Crippen LogP contribution in [0.5, 0.6) is 0 Å². The van der Waals surface area contributed by atoms with E-state index in [-0.39, 0.29) is 5.54 Å². The first kappa shape index (κ1) is 15.8. The van der Waals surface area contributed by atoms with Crippen molar-refractivity contribution in [3.8, 4) is 6.07 Å². The molecule has 1 aliphatic heterocycles. The Morgan fingerprint density at radius 3 is 2.35 bits per heavy atom. The first-order valence-electron chi connectivity index (χ1n) is 8.44. The van der Waals surface area contributed by atoms with Gasteiger partial charge in [0.25, 0.3) is 0 Å². The van der Waals surface area contributed by atoms with Gasteiger partial charge in [-0.3, -0.25) is 0 Å². The Hall–Kier alpha value is -0.590. The molecular weight excluding hydrogens is 246 g/mol. The van der Waals surface area contributed by atoms with Gasteiger partial charge in [0.2, 0.25) is 0 Å². The van der Waals surface area contributed by atoms with Gasteiger partial charge in [-0.2, -0.15) is 5.26 Å². The Labute approximate surface area is 124 Å². The van der Waals surface area contributed by atoms with Crippen molar-refractivity contribution < 1.29 is 0 Å². The molecule has 1 unspecified atom stereocenters. The van der Waals surface area contributed by atoms with Crippen molar-refractivity contribution in [2.45, 2.75) is 70.3 Å². The number of hydrogen-bond donors (Lipinski definition) is 1. The molecular formula is C17H31N3. The quantitative estimate of drug-likeness (QED) is 0.757. The zero-order valence-electron chi connectivity index (χ0n) is 13.4. The van der Waals surface area contributed by atoms with Gasteiger partial charge in [-0.1, -0.05) is 12.8 Å². The number of hydrogen-bond acceptors (Lipinski definition) is 3. The van der Waals surface area contributed by atoms with Gasteiger partial charge in [0.1, 0.15) is 5.54 Å². The van der Waals surface area contributed by atoms with Crippen LogP contribution < -0.4 is 5.32 Å². The summed E-state index contributed by atoms with van der Waals surface area (Å²) in [6.07, 6.45) is 12.1. The van der Waals surface area contributed by atoms with E-state index in [2.05, 4.69) is 16.3 Å². The standard InChI is InChI=1S/C17H31N3/c1-16(15-18,19-2)7-5-6-12-20-13-10-17(11-14-20)8-3-4-9-17/h19H,3-14H2,1-2H3. The van der Waals surface area contributed by atoms with Gasteiger partial charge in [0.05, 0.1) is 6.07 Å². The van der Waals surface area contributed by atoms with Gasteiger partial charge < -0.3 is 10.2 Å². The van der Waals surface area contributed by atoms with Crippen molar-refractivity contribution in [1.82, 2.24) is 10.2 Å². The molecule has 20 heavy (non-hydrogen) atoms. The number of nitrogens with one attached hydrogen (secondary N) is 1. The van der Waals surface area contributed by atoms with E-state index in [1.54, 1.807) is 0 Å². The molecule has 1 saturated carbocycles. The van der Waals surface area contributed by atoms with Crippen LogP contribution in [0.4, 0.5) is 0 Å². The second kappa shape index (κ2) is 6.91. The van der Waals surface area contributed by atoms with E-state index in [1.807, 2.05) is 14.0 Å². The van der Waals surface area contributed by atoms with Crippen molar-refractivity contribution in [3.63, 3.8) is 0 Å². The number of likely N-dealkylation sites (tertiary alicyclic amines) is 1. The molecule has 1 aliphatic carbocycles. The van der Waals surface area contributed by atoms with Crippen molar-refractivity contribution in [2.75, 3.05) is 26.7 Å². The summed E-state index contributed by atoms with van der Waals surface area (Å²) < 4.78 is 0. The highest BCUT2D eigenvalue weighted by molar-refractivity contribution is 5.02. The Morgan fingerprint density at radius 2 is 1.80 bits per heavy atom. The van der Waals surface area contributed by atoms with Crippen LogP contribution in [0.2, 0.25) is 0 Å². The van der Waals surface area contributed by atoms with Crippen LogP contribution in [-0.2, 0) is 0 Å². The molecule has 1 atom stereocenters. The summed E-state index contributed by atoms with van der Waals surface area (Å²) in [5.74, 6) is 0. The maximum atomic E-state index is 9.13. The summed E-state index contributed by atoms with van der Waals surface area (Å²) in [7, 11) is 1.88. The maximum Gasteiger partial charge on any atom is 0.103 e. The van der Waals surface area contributed by atoms with Crippen LogP contribution in [-0.4, -0.2) is 37.1 Å². The lowest BCUT2D eigenvalue weighted by atomic mass is 9.77. The van der Waals surface area contributed by atoms with E-state index in [1.165, 1.54) is 64.6 Å². The minimum absolute atomic E-state index is 0.337. The Bertz CT molecular complexity index is 331. The molecule has 1 N–H and O–H groups in total. The minimum atomic E-state index is -0.337. The SMILES string of the molecule is CNC(C)(C#N)CCCCN1CCC2(CCCC2)CC1. The van der Waals surface area contributed by atoms with Gasteiger partial charge in [-0.15, -0.1) is 0 Å². The van der Waals surface area contributed by atoms with Crippen LogP contribution in [0.15, 0.2) is 0 Å². The molecule has 3 heteroatoms. The van der Waals surface area contributed by atoms with Gasteiger partial charge in [-0.25, -0.2) is 0 Å². The second-order valence-electron chi connectivity index (χ2n) is 7.20. The first-order valence-corrected chi connectivity index (χ1v) is 8.44. The zero-order valence-corrected chi connectivity index (χ0v) is 13.4. The fourth-order valence-electron chi connectivity index (χ4n) is 3.93. The number of piperidine rings is 1. The lowest BCUT2D eigenvalue weighted by molar-refractivity contribution is 0.107. The molecule has 3 nitrogen and oxygen atoms in total. The van der Waals surface area contributed by atoms with Crippen LogP contribution in [0.3, 0.4) is 0 Å². The van der Waals surface area contributed by atoms with E-state index in [0.717, 1.165) is 18.3 Å². The van der Waals surface area contributed by atoms with E-state index in [9.17, 15) is 0 Å². The number of rotatable bonds is 6. The largest absolute Gasteiger partial charge is 0.303 e. The van der Waals surface area contributed by atoms with E-state index in [0.29, 0.717) is 0 Å². The normalized spacial score (nSPS) is 25.4. The van der Waals surface area contributed by atoms with Gasteiger partial charge >= 0.3 is 0 Å². The number of nitrogens with zero attached hydrogens (tertiary/aromatic N) is 2. The summed E-state index contributed by atoms with van der Waals surface area (Å²) in [5.41, 5.74) is 0.401. The molecule has 0 aromatic carbocycles. The molecule has 1 heterocycles. The predicted molar refractivity (Wildman–Crippen MR) is 83.5 cm³/mol. The highest BCUT2D eigenvalue weighted by Crippen LogP contribution is 2.46. The Kier molecular flexibility index (Phi) is 5.46. The maximum absolute atomic E-state index is 9.13. The molecule has 0 aromatic rings. The van der Waals surface area contributed by atoms with Gasteiger partial charge in [0.15, 0.2) is 0 Å². The molecule has 0 aromatic heterocycles. The molecule has 114 valence electrons. The fourth-order valence-corrected chi connectivity index (χ4v) is 3.93. The molecule has 2 fully saturated rings. The third-order valence-corrected chi connectivity index (χ3v) is 5.78. The third-order valence-electron chi connectivity index (χ3n) is 5.78. The molecule has 1 spiro atoms. The Balaban J connectivity index is 1.61. The van der Waals surface area contributed by atoms with Crippen molar-refractivity contribution >= 4 is 0 Å². The highest BCUT2D eigenvalue weighted by Gasteiger charge is 2.36. The minimum Gasteiger partial charge on any atom is -0.303 e. The molecule has 2 aliphatic rings. The number of unbranched alkanes of at least 4 members (excludes halogenated alkanes) is 1. The molecule has 2 rings (SSSR count). The lowest BCUT2D eigenvalue weighted by Gasteiger charge is -2.39. The zero-order chi connectivity index (χ0) is 14.5. The molecule has 0 radical (unpaired) electrons. The summed E-state index contributed by atoms with van der Waals surface area (Å²) in [6, 6.07) is 2.37.